The molecular weight excluding hydrogens is 278 g/mol. The Morgan fingerprint density at radius 2 is 2.00 bits per heavy atom. The van der Waals surface area contributed by atoms with E-state index < -0.39 is 0 Å². The van der Waals surface area contributed by atoms with E-state index >= 15 is 0 Å². The number of thiazole rings is 1. The Morgan fingerprint density at radius 1 is 1.21 bits per heavy atom. The van der Waals surface area contributed by atoms with Gasteiger partial charge in [-0.15, -0.1) is 11.3 Å². The third-order valence-corrected chi connectivity index (χ3v) is 5.02. The molecule has 0 radical (unpaired) electrons. The summed E-state index contributed by atoms with van der Waals surface area (Å²) in [5, 5.41) is 0.726. The first-order valence-corrected chi connectivity index (χ1v) is 7.48. The normalized spacial score (nSPS) is 14.2. The minimum Gasteiger partial charge on any atom is -0.383 e. The molecule has 0 saturated carbocycles. The number of benzene rings is 1. The molecule has 2 aromatic heterocycles. The van der Waals surface area contributed by atoms with Crippen molar-refractivity contribution in [3.8, 4) is 11.3 Å². The van der Waals surface area contributed by atoms with Gasteiger partial charge in [-0.3, -0.25) is 4.40 Å². The molecular formula is C14H12ClN3S. The second kappa shape index (κ2) is 3.99. The number of nitrogen functional groups attached to an aromatic ring is 1. The van der Waals surface area contributed by atoms with Crippen LogP contribution in [-0.4, -0.2) is 9.38 Å². The third kappa shape index (κ3) is 1.60. The molecule has 3 nitrogen and oxygen atoms in total. The van der Waals surface area contributed by atoms with Crippen molar-refractivity contribution in [3.63, 3.8) is 0 Å². The molecule has 0 unspecified atom stereocenters. The molecule has 1 aliphatic rings. The van der Waals surface area contributed by atoms with Crippen LogP contribution in [0.5, 0.6) is 0 Å². The molecule has 3 aromatic rings. The molecule has 0 amide bonds. The molecule has 5 heteroatoms. The summed E-state index contributed by atoms with van der Waals surface area (Å²) in [5.74, 6) is 0.747. The van der Waals surface area contributed by atoms with Gasteiger partial charge in [0, 0.05) is 21.2 Å². The molecule has 0 atom stereocenters. The summed E-state index contributed by atoms with van der Waals surface area (Å²) in [6.07, 6.45) is 3.50. The summed E-state index contributed by atoms with van der Waals surface area (Å²) in [6, 6.07) is 7.67. The molecule has 4 rings (SSSR count). The Labute approximate surface area is 119 Å². The quantitative estimate of drug-likeness (QED) is 0.741. The van der Waals surface area contributed by atoms with Crippen LogP contribution < -0.4 is 5.73 Å². The van der Waals surface area contributed by atoms with Gasteiger partial charge in [0.25, 0.3) is 0 Å². The number of aromatic nitrogens is 2. The van der Waals surface area contributed by atoms with Crippen molar-refractivity contribution < 1.29 is 0 Å². The summed E-state index contributed by atoms with van der Waals surface area (Å²) < 4.78 is 2.12. The smallest absolute Gasteiger partial charge is 0.196 e. The number of hydrogen-bond donors (Lipinski definition) is 1. The molecule has 96 valence electrons. The summed E-state index contributed by atoms with van der Waals surface area (Å²) in [5.41, 5.74) is 9.53. The lowest BCUT2D eigenvalue weighted by Gasteiger charge is -2.01. The minimum atomic E-state index is 0.726. The minimum absolute atomic E-state index is 0.726. The van der Waals surface area contributed by atoms with Gasteiger partial charge in [-0.25, -0.2) is 4.98 Å². The van der Waals surface area contributed by atoms with Gasteiger partial charge < -0.3 is 5.73 Å². The molecule has 1 aromatic carbocycles. The van der Waals surface area contributed by atoms with Crippen LogP contribution in [0.25, 0.3) is 16.2 Å². The standard InChI is InChI=1S/C14H12ClN3S/c15-9-6-4-8(5-7-9)12-13(16)18-10-2-1-3-11(10)19-14(18)17-12/h4-7H,1-3,16H2. The molecule has 0 spiro atoms. The van der Waals surface area contributed by atoms with Crippen molar-refractivity contribution in [2.45, 2.75) is 19.3 Å². The number of hydrogen-bond acceptors (Lipinski definition) is 3. The van der Waals surface area contributed by atoms with Crippen LogP contribution in [0, 0.1) is 0 Å². The van der Waals surface area contributed by atoms with Crippen molar-refractivity contribution in [2.75, 3.05) is 5.73 Å². The fourth-order valence-corrected chi connectivity index (χ4v) is 4.06. The van der Waals surface area contributed by atoms with E-state index in [1.54, 1.807) is 11.3 Å². The molecule has 0 fully saturated rings. The van der Waals surface area contributed by atoms with Crippen molar-refractivity contribution in [2.24, 2.45) is 0 Å². The van der Waals surface area contributed by atoms with Crippen LogP contribution in [0.15, 0.2) is 24.3 Å². The Morgan fingerprint density at radius 3 is 2.79 bits per heavy atom. The molecule has 0 bridgehead atoms. The first-order chi connectivity index (χ1) is 9.24. The zero-order valence-electron chi connectivity index (χ0n) is 10.2. The molecule has 1 aliphatic carbocycles. The molecule has 2 heterocycles. The average Bonchev–Trinajstić information content (AvgIpc) is 3.03. The van der Waals surface area contributed by atoms with E-state index in [0.29, 0.717) is 0 Å². The van der Waals surface area contributed by atoms with Gasteiger partial charge in [0.2, 0.25) is 0 Å². The first-order valence-electron chi connectivity index (χ1n) is 6.28. The number of anilines is 1. The van der Waals surface area contributed by atoms with E-state index in [0.717, 1.165) is 33.5 Å². The molecule has 0 aliphatic heterocycles. The molecule has 19 heavy (non-hydrogen) atoms. The van der Waals surface area contributed by atoms with E-state index in [1.807, 2.05) is 24.3 Å². The van der Waals surface area contributed by atoms with E-state index in [9.17, 15) is 0 Å². The number of imidazole rings is 1. The van der Waals surface area contributed by atoms with Crippen molar-refractivity contribution in [1.29, 1.82) is 0 Å². The summed E-state index contributed by atoms with van der Waals surface area (Å²) in [6.45, 7) is 0. The van der Waals surface area contributed by atoms with Crippen LogP contribution in [0.4, 0.5) is 5.82 Å². The van der Waals surface area contributed by atoms with Crippen LogP contribution in [-0.2, 0) is 12.8 Å². The lowest BCUT2D eigenvalue weighted by Crippen LogP contribution is -1.96. The van der Waals surface area contributed by atoms with E-state index in [4.69, 9.17) is 17.3 Å². The highest BCUT2D eigenvalue weighted by molar-refractivity contribution is 7.17. The number of nitrogens with two attached hydrogens (primary N) is 1. The Hall–Kier alpha value is -1.52. The van der Waals surface area contributed by atoms with E-state index in [-0.39, 0.29) is 0 Å². The second-order valence-corrected chi connectivity index (χ2v) is 6.29. The SMILES string of the molecule is Nc1c(-c2ccc(Cl)cc2)nc2sc3c(n12)CCC3. The zero-order valence-corrected chi connectivity index (χ0v) is 11.8. The highest BCUT2D eigenvalue weighted by atomic mass is 35.5. The third-order valence-electron chi connectivity index (χ3n) is 3.62. The lowest BCUT2D eigenvalue weighted by molar-refractivity contribution is 0.890. The van der Waals surface area contributed by atoms with E-state index in [2.05, 4.69) is 9.38 Å². The highest BCUT2D eigenvalue weighted by Crippen LogP contribution is 2.36. The fraction of sp³-hybridized carbons (Fsp3) is 0.214. The average molecular weight is 290 g/mol. The lowest BCUT2D eigenvalue weighted by atomic mass is 10.1. The van der Waals surface area contributed by atoms with Crippen LogP contribution in [0.3, 0.4) is 0 Å². The predicted octanol–water partition coefficient (Wildman–Crippen LogP) is 3.79. The predicted molar refractivity (Wildman–Crippen MR) is 80.0 cm³/mol. The van der Waals surface area contributed by atoms with Crippen LogP contribution >= 0.6 is 22.9 Å². The monoisotopic (exact) mass is 289 g/mol. The number of nitrogens with zero attached hydrogens (tertiary/aromatic N) is 2. The van der Waals surface area contributed by atoms with Gasteiger partial charge in [0.15, 0.2) is 4.96 Å². The van der Waals surface area contributed by atoms with Crippen LogP contribution in [0.1, 0.15) is 17.0 Å². The largest absolute Gasteiger partial charge is 0.383 e. The Balaban J connectivity index is 1.94. The zero-order chi connectivity index (χ0) is 13.0. The van der Waals surface area contributed by atoms with Gasteiger partial charge in [0.1, 0.15) is 11.5 Å². The van der Waals surface area contributed by atoms with Gasteiger partial charge in [0.05, 0.1) is 0 Å². The van der Waals surface area contributed by atoms with E-state index in [1.165, 1.54) is 23.4 Å². The van der Waals surface area contributed by atoms with Gasteiger partial charge in [-0.1, -0.05) is 23.7 Å². The highest BCUT2D eigenvalue weighted by Gasteiger charge is 2.22. The fourth-order valence-electron chi connectivity index (χ4n) is 2.72. The summed E-state index contributed by atoms with van der Waals surface area (Å²) >= 11 is 7.68. The number of halogens is 1. The van der Waals surface area contributed by atoms with Crippen molar-refractivity contribution in [3.05, 3.63) is 39.9 Å². The second-order valence-electron chi connectivity index (χ2n) is 4.80. The topological polar surface area (TPSA) is 43.3 Å². The van der Waals surface area contributed by atoms with Gasteiger partial charge >= 0.3 is 0 Å². The van der Waals surface area contributed by atoms with Gasteiger partial charge in [-0.2, -0.15) is 0 Å². The number of rotatable bonds is 1. The van der Waals surface area contributed by atoms with Gasteiger partial charge in [-0.05, 0) is 31.4 Å². The summed E-state index contributed by atoms with van der Waals surface area (Å²) in [4.78, 5) is 7.14. The maximum atomic E-state index is 6.30. The van der Waals surface area contributed by atoms with Crippen LogP contribution in [0.2, 0.25) is 5.02 Å². The first kappa shape index (κ1) is 11.3. The Kier molecular flexibility index (Phi) is 2.37. The number of aryl methyl sites for hydroxylation is 2. The van der Waals surface area contributed by atoms with Crippen molar-refractivity contribution >= 4 is 33.7 Å². The van der Waals surface area contributed by atoms with Crippen molar-refractivity contribution in [1.82, 2.24) is 9.38 Å². The number of fused-ring (bicyclic) bond motifs is 3. The Bertz CT molecular complexity index is 770. The molecule has 0 saturated heterocycles. The molecule has 2 N–H and O–H groups in total. The maximum Gasteiger partial charge on any atom is 0.196 e. The maximum absolute atomic E-state index is 6.30. The summed E-state index contributed by atoms with van der Waals surface area (Å²) in [7, 11) is 0.